The summed E-state index contributed by atoms with van der Waals surface area (Å²) in [5.41, 5.74) is 2.60. The van der Waals surface area contributed by atoms with Gasteiger partial charge in [-0.1, -0.05) is 12.1 Å². The van der Waals surface area contributed by atoms with Crippen LogP contribution in [0, 0.1) is 11.7 Å². The zero-order valence-electron chi connectivity index (χ0n) is 26.7. The zero-order chi connectivity index (χ0) is 35.1. The molecule has 0 atom stereocenters. The monoisotopic (exact) mass is 678 g/mol. The number of thiocarbonyl (C=S) groups is 1. The van der Waals surface area contributed by atoms with E-state index in [1.165, 1.54) is 12.1 Å². The molecule has 1 aliphatic heterocycles. The number of halogens is 1. The number of ketones is 1. The number of amides is 1. The highest BCUT2D eigenvalue weighted by atomic mass is 32.1. The van der Waals surface area contributed by atoms with Crippen molar-refractivity contribution in [3.8, 4) is 5.75 Å². The van der Waals surface area contributed by atoms with Gasteiger partial charge in [-0.2, -0.15) is 0 Å². The number of nitrogens with one attached hydrogen (secondary N) is 2. The molecular weight excluding hydrogens is 639 g/mol. The molecule has 1 saturated heterocycles. The van der Waals surface area contributed by atoms with E-state index in [0.717, 1.165) is 38.2 Å². The summed E-state index contributed by atoms with van der Waals surface area (Å²) in [5.74, 6) is -2.39. The Balaban J connectivity index is 0.000000694. The van der Waals surface area contributed by atoms with E-state index in [2.05, 4.69) is 15.5 Å². The molecule has 1 fully saturated rings. The fraction of sp³-hybridized carbons (Fsp3) is 0.286. The number of Topliss-reactive ketones (excluding diaryl/α,β-unsaturated/α-hetero) is 1. The van der Waals surface area contributed by atoms with Crippen molar-refractivity contribution in [2.45, 2.75) is 19.8 Å². The van der Waals surface area contributed by atoms with Gasteiger partial charge in [0.2, 0.25) is 0 Å². The number of nitrogens with zero attached hydrogens (tertiary/aromatic N) is 2. The topological polar surface area (TPSA) is 149 Å². The molecule has 13 heteroatoms. The average Bonchev–Trinajstić information content (AvgIpc) is 3.08. The van der Waals surface area contributed by atoms with Crippen LogP contribution >= 0.6 is 12.2 Å². The Hall–Kier alpha value is -5.14. The number of piperidine rings is 1. The number of ether oxygens (including phenoxy) is 1. The fourth-order valence-corrected chi connectivity index (χ4v) is 5.29. The second-order valence-corrected chi connectivity index (χ2v) is 11.1. The molecule has 0 unspecified atom stereocenters. The first-order valence-corrected chi connectivity index (χ1v) is 15.7. The summed E-state index contributed by atoms with van der Waals surface area (Å²) in [6, 6.07) is 20.5. The number of carboxylic acids is 2. The molecule has 3 aromatic rings. The van der Waals surface area contributed by atoms with Crippen molar-refractivity contribution >= 4 is 52.3 Å². The van der Waals surface area contributed by atoms with Gasteiger partial charge in [0.25, 0.3) is 5.91 Å². The van der Waals surface area contributed by atoms with Crippen LogP contribution in [-0.2, 0) is 9.59 Å². The highest BCUT2D eigenvalue weighted by molar-refractivity contribution is 7.80. The van der Waals surface area contributed by atoms with Crippen molar-refractivity contribution in [3.63, 3.8) is 0 Å². The number of methoxy groups -OCH3 is 1. The SMILES string of the molecule is CCNC(=S)Nc1ccc(C(=O)N(CCN2CCC(C(=O)c3ccc(F)cc3)CC2)c2ccccc2OC)cc1.O=C(O)/C=C/C(=O)O. The van der Waals surface area contributed by atoms with E-state index in [-0.39, 0.29) is 23.4 Å². The minimum atomic E-state index is -1.26. The van der Waals surface area contributed by atoms with E-state index in [4.69, 9.17) is 27.2 Å². The lowest BCUT2D eigenvalue weighted by molar-refractivity contribution is -0.134. The van der Waals surface area contributed by atoms with Gasteiger partial charge in [-0.15, -0.1) is 0 Å². The van der Waals surface area contributed by atoms with Crippen LogP contribution in [0.15, 0.2) is 84.9 Å². The summed E-state index contributed by atoms with van der Waals surface area (Å²) in [4.78, 5) is 49.8. The lowest BCUT2D eigenvalue weighted by Crippen LogP contribution is -2.43. The highest BCUT2D eigenvalue weighted by Gasteiger charge is 2.27. The molecule has 1 amide bonds. The first-order valence-electron chi connectivity index (χ1n) is 15.3. The van der Waals surface area contributed by atoms with Gasteiger partial charge < -0.3 is 35.4 Å². The minimum Gasteiger partial charge on any atom is -0.495 e. The van der Waals surface area contributed by atoms with Crippen LogP contribution in [0.4, 0.5) is 15.8 Å². The lowest BCUT2D eigenvalue weighted by Gasteiger charge is -2.33. The Kier molecular flexibility index (Phi) is 14.7. The molecule has 0 spiro atoms. The molecule has 48 heavy (non-hydrogen) atoms. The third-order valence-electron chi connectivity index (χ3n) is 7.44. The molecule has 0 saturated carbocycles. The first kappa shape index (κ1) is 37.3. The zero-order valence-corrected chi connectivity index (χ0v) is 27.5. The average molecular weight is 679 g/mol. The van der Waals surface area contributed by atoms with Gasteiger partial charge >= 0.3 is 11.9 Å². The molecule has 3 aromatic carbocycles. The van der Waals surface area contributed by atoms with Crippen LogP contribution in [0.25, 0.3) is 0 Å². The Morgan fingerprint density at radius 2 is 1.52 bits per heavy atom. The minimum absolute atomic E-state index is 0.0645. The molecule has 4 rings (SSSR count). The van der Waals surface area contributed by atoms with Gasteiger partial charge in [0.05, 0.1) is 12.8 Å². The molecule has 0 bridgehead atoms. The van der Waals surface area contributed by atoms with Crippen LogP contribution in [-0.4, -0.2) is 83.7 Å². The van der Waals surface area contributed by atoms with Gasteiger partial charge in [0.1, 0.15) is 11.6 Å². The molecule has 0 aliphatic carbocycles. The number of rotatable bonds is 12. The quantitative estimate of drug-likeness (QED) is 0.115. The van der Waals surface area contributed by atoms with E-state index in [1.807, 2.05) is 43.3 Å². The number of hydrogen-bond acceptors (Lipinski definition) is 7. The summed E-state index contributed by atoms with van der Waals surface area (Å²) in [5, 5.41) is 22.3. The van der Waals surface area contributed by atoms with Crippen molar-refractivity contribution in [3.05, 3.63) is 102 Å². The third kappa shape index (κ3) is 11.6. The fourth-order valence-electron chi connectivity index (χ4n) is 5.02. The van der Waals surface area contributed by atoms with E-state index in [0.29, 0.717) is 52.9 Å². The van der Waals surface area contributed by atoms with E-state index in [1.54, 1.807) is 36.3 Å². The largest absolute Gasteiger partial charge is 0.495 e. The number of likely N-dealkylation sites (tertiary alicyclic amines) is 1. The molecule has 254 valence electrons. The van der Waals surface area contributed by atoms with E-state index >= 15 is 0 Å². The maximum atomic E-state index is 13.8. The summed E-state index contributed by atoms with van der Waals surface area (Å²) in [7, 11) is 1.60. The number of hydrogen-bond donors (Lipinski definition) is 4. The van der Waals surface area contributed by atoms with Gasteiger partial charge in [-0.05, 0) is 106 Å². The van der Waals surface area contributed by atoms with Crippen molar-refractivity contribution in [2.24, 2.45) is 5.92 Å². The number of carboxylic acid groups (broad SMARTS) is 2. The Morgan fingerprint density at radius 3 is 2.08 bits per heavy atom. The van der Waals surface area contributed by atoms with Gasteiger partial charge in [-0.3, -0.25) is 9.59 Å². The molecule has 11 nitrogen and oxygen atoms in total. The maximum absolute atomic E-state index is 13.8. The smallest absolute Gasteiger partial charge is 0.328 e. The van der Waals surface area contributed by atoms with Gasteiger partial charge in [-0.25, -0.2) is 14.0 Å². The number of anilines is 2. The molecule has 1 heterocycles. The van der Waals surface area contributed by atoms with Crippen LogP contribution < -0.4 is 20.3 Å². The summed E-state index contributed by atoms with van der Waals surface area (Å²) >= 11 is 5.25. The predicted octanol–water partition coefficient (Wildman–Crippen LogP) is 5.09. The van der Waals surface area contributed by atoms with Crippen molar-refractivity contribution in [2.75, 3.05) is 50.1 Å². The number of carbonyl (C=O) groups is 4. The molecular formula is C35H39FN4O7S. The summed E-state index contributed by atoms with van der Waals surface area (Å²) in [6.07, 6.45) is 2.56. The van der Waals surface area contributed by atoms with Crippen molar-refractivity contribution < 1.29 is 38.5 Å². The Bertz CT molecular complexity index is 1580. The number of carbonyl (C=O) groups excluding carboxylic acids is 2. The van der Waals surface area contributed by atoms with Crippen LogP contribution in [0.2, 0.25) is 0 Å². The normalized spacial score (nSPS) is 13.1. The lowest BCUT2D eigenvalue weighted by atomic mass is 9.89. The molecule has 0 radical (unpaired) electrons. The number of aliphatic carboxylic acids is 2. The van der Waals surface area contributed by atoms with E-state index in [9.17, 15) is 23.6 Å². The van der Waals surface area contributed by atoms with Gasteiger partial charge in [0, 0.05) is 54.5 Å². The standard InChI is InChI=1S/C31H35FN4O3S.C4H4O4/c1-3-33-31(40)34-26-14-10-24(11-15-26)30(38)36(27-6-4-5-7-28(27)39-2)21-20-35-18-16-23(17-19-35)29(37)22-8-12-25(32)13-9-22;5-3(6)1-2-4(7)8/h4-15,23H,3,16-21H2,1-2H3,(H2,33,34,40);1-2H,(H,5,6)(H,7,8)/b;2-1+. The molecule has 1 aliphatic rings. The summed E-state index contributed by atoms with van der Waals surface area (Å²) in [6.45, 7) is 5.30. The number of para-hydroxylation sites is 2. The second-order valence-electron chi connectivity index (χ2n) is 10.7. The van der Waals surface area contributed by atoms with Gasteiger partial charge in [0.15, 0.2) is 10.9 Å². The predicted molar refractivity (Wildman–Crippen MR) is 185 cm³/mol. The summed E-state index contributed by atoms with van der Waals surface area (Å²) < 4.78 is 18.8. The van der Waals surface area contributed by atoms with Crippen LogP contribution in [0.5, 0.6) is 5.75 Å². The second kappa shape index (κ2) is 18.9. The first-order chi connectivity index (χ1) is 23.0. The molecule has 0 aromatic heterocycles. The Labute approximate surface area is 284 Å². The van der Waals surface area contributed by atoms with E-state index < -0.39 is 11.9 Å². The van der Waals surface area contributed by atoms with Crippen molar-refractivity contribution in [1.82, 2.24) is 10.2 Å². The van der Waals surface area contributed by atoms with Crippen LogP contribution in [0.3, 0.4) is 0 Å². The van der Waals surface area contributed by atoms with Crippen molar-refractivity contribution in [1.29, 1.82) is 0 Å². The number of benzene rings is 3. The maximum Gasteiger partial charge on any atom is 0.328 e. The third-order valence-corrected chi connectivity index (χ3v) is 7.69. The highest BCUT2D eigenvalue weighted by Crippen LogP contribution is 2.30. The van der Waals surface area contributed by atoms with Crippen LogP contribution in [0.1, 0.15) is 40.5 Å². The Morgan fingerprint density at radius 1 is 0.938 bits per heavy atom. The molecule has 4 N–H and O–H groups in total.